The number of rotatable bonds is 6. The number of alkyl halides is 3. The number of halogens is 4. The number of aromatic nitrogens is 3. The van der Waals surface area contributed by atoms with Crippen molar-refractivity contribution in [1.82, 2.24) is 14.8 Å². The summed E-state index contributed by atoms with van der Waals surface area (Å²) in [5.74, 6) is 0. The Balaban J connectivity index is 2.11. The van der Waals surface area contributed by atoms with Gasteiger partial charge in [-0.05, 0) is 19.1 Å². The van der Waals surface area contributed by atoms with Crippen LogP contribution in [0.15, 0.2) is 42.9 Å². The van der Waals surface area contributed by atoms with Crippen molar-refractivity contribution < 1.29 is 13.2 Å². The molecule has 2 heterocycles. The normalized spacial score (nSPS) is 12.0. The van der Waals surface area contributed by atoms with Crippen LogP contribution in [0, 0.1) is 0 Å². The quantitative estimate of drug-likeness (QED) is 0.734. The monoisotopic (exact) mass is 344 g/mol. The SMILES string of the molecule is CCN(C/C=C/CC(F)(F)F)c1cn(-c2cccnc2)nc1Cl. The van der Waals surface area contributed by atoms with E-state index in [-0.39, 0.29) is 0 Å². The maximum absolute atomic E-state index is 12.1. The number of hydrogen-bond donors (Lipinski definition) is 0. The minimum Gasteiger partial charge on any atom is -0.364 e. The predicted octanol–water partition coefficient (Wildman–Crippen LogP) is 4.26. The molecule has 4 nitrogen and oxygen atoms in total. The van der Waals surface area contributed by atoms with Gasteiger partial charge in [0, 0.05) is 19.3 Å². The summed E-state index contributed by atoms with van der Waals surface area (Å²) in [6, 6.07) is 3.61. The Morgan fingerprint density at radius 2 is 2.13 bits per heavy atom. The summed E-state index contributed by atoms with van der Waals surface area (Å²) in [7, 11) is 0. The van der Waals surface area contributed by atoms with Crippen molar-refractivity contribution in [3.8, 4) is 5.69 Å². The van der Waals surface area contributed by atoms with Gasteiger partial charge in [0.15, 0.2) is 5.15 Å². The van der Waals surface area contributed by atoms with Gasteiger partial charge in [0.05, 0.1) is 30.2 Å². The smallest absolute Gasteiger partial charge is 0.364 e. The Hall–Kier alpha value is -2.02. The van der Waals surface area contributed by atoms with Crippen molar-refractivity contribution >= 4 is 17.3 Å². The van der Waals surface area contributed by atoms with Gasteiger partial charge < -0.3 is 4.90 Å². The number of likely N-dealkylation sites (N-methyl/N-ethyl adjacent to an activating group) is 1. The van der Waals surface area contributed by atoms with Gasteiger partial charge in [-0.2, -0.15) is 18.3 Å². The zero-order valence-electron chi connectivity index (χ0n) is 12.5. The Morgan fingerprint density at radius 3 is 2.74 bits per heavy atom. The van der Waals surface area contributed by atoms with Crippen molar-refractivity contribution in [3.05, 3.63) is 48.0 Å². The zero-order chi connectivity index (χ0) is 16.9. The molecular weight excluding hydrogens is 329 g/mol. The molecule has 0 atom stereocenters. The predicted molar refractivity (Wildman–Crippen MR) is 84.1 cm³/mol. The molecule has 0 spiro atoms. The van der Waals surface area contributed by atoms with Gasteiger partial charge in [-0.25, -0.2) is 4.68 Å². The summed E-state index contributed by atoms with van der Waals surface area (Å²) in [6.45, 7) is 2.81. The van der Waals surface area contributed by atoms with Crippen LogP contribution in [0.4, 0.5) is 18.9 Å². The standard InChI is InChI=1S/C15H16ClF3N4/c1-2-22(9-4-3-7-15(17,18)19)13-11-23(21-14(13)16)12-6-5-8-20-10-12/h3-6,8,10-11H,2,7,9H2,1H3/b4-3+. The van der Waals surface area contributed by atoms with Gasteiger partial charge >= 0.3 is 6.18 Å². The van der Waals surface area contributed by atoms with E-state index in [0.29, 0.717) is 23.9 Å². The fourth-order valence-corrected chi connectivity index (χ4v) is 2.24. The molecule has 0 aliphatic heterocycles. The van der Waals surface area contributed by atoms with Gasteiger partial charge in [0.1, 0.15) is 0 Å². The van der Waals surface area contributed by atoms with E-state index in [0.717, 1.165) is 11.8 Å². The highest BCUT2D eigenvalue weighted by Gasteiger charge is 2.24. The number of pyridine rings is 1. The Kier molecular flexibility index (Phi) is 5.65. The van der Waals surface area contributed by atoms with Crippen LogP contribution in [-0.4, -0.2) is 34.0 Å². The first-order chi connectivity index (χ1) is 10.9. The summed E-state index contributed by atoms with van der Waals surface area (Å²) in [5, 5.41) is 4.51. The fraction of sp³-hybridized carbons (Fsp3) is 0.333. The molecule has 0 aromatic carbocycles. The number of allylic oxidation sites excluding steroid dienone is 1. The highest BCUT2D eigenvalue weighted by molar-refractivity contribution is 6.32. The molecule has 0 N–H and O–H groups in total. The minimum atomic E-state index is -4.18. The molecule has 2 rings (SSSR count). The van der Waals surface area contributed by atoms with E-state index < -0.39 is 12.6 Å². The third-order valence-corrected chi connectivity index (χ3v) is 3.40. The van der Waals surface area contributed by atoms with E-state index in [1.807, 2.05) is 17.9 Å². The summed E-state index contributed by atoms with van der Waals surface area (Å²) in [4.78, 5) is 5.86. The van der Waals surface area contributed by atoms with E-state index in [9.17, 15) is 13.2 Å². The first-order valence-corrected chi connectivity index (χ1v) is 7.40. The lowest BCUT2D eigenvalue weighted by atomic mass is 10.3. The van der Waals surface area contributed by atoms with Crippen molar-refractivity contribution in [2.24, 2.45) is 0 Å². The van der Waals surface area contributed by atoms with Crippen LogP contribution in [-0.2, 0) is 0 Å². The van der Waals surface area contributed by atoms with Crippen LogP contribution >= 0.6 is 11.6 Å². The Morgan fingerprint density at radius 1 is 1.35 bits per heavy atom. The van der Waals surface area contributed by atoms with Crippen LogP contribution < -0.4 is 4.90 Å². The van der Waals surface area contributed by atoms with Gasteiger partial charge in [-0.3, -0.25) is 4.98 Å². The van der Waals surface area contributed by atoms with Crippen LogP contribution in [0.5, 0.6) is 0 Å². The van der Waals surface area contributed by atoms with Crippen LogP contribution in [0.1, 0.15) is 13.3 Å². The number of nitrogens with zero attached hydrogens (tertiary/aromatic N) is 4. The van der Waals surface area contributed by atoms with E-state index >= 15 is 0 Å². The molecule has 0 bridgehead atoms. The second-order valence-corrected chi connectivity index (χ2v) is 5.15. The lowest BCUT2D eigenvalue weighted by Crippen LogP contribution is -2.22. The molecule has 23 heavy (non-hydrogen) atoms. The molecule has 0 aliphatic rings. The first-order valence-electron chi connectivity index (χ1n) is 7.03. The number of hydrogen-bond acceptors (Lipinski definition) is 3. The average molecular weight is 345 g/mol. The fourth-order valence-electron chi connectivity index (χ4n) is 1.99. The molecule has 2 aromatic heterocycles. The van der Waals surface area contributed by atoms with Crippen molar-refractivity contribution in [2.45, 2.75) is 19.5 Å². The number of anilines is 1. The molecule has 0 saturated carbocycles. The van der Waals surface area contributed by atoms with Crippen molar-refractivity contribution in [3.63, 3.8) is 0 Å². The van der Waals surface area contributed by atoms with Gasteiger partial charge in [-0.15, -0.1) is 0 Å². The van der Waals surface area contributed by atoms with Gasteiger partial charge in [-0.1, -0.05) is 23.8 Å². The third-order valence-electron chi connectivity index (χ3n) is 3.13. The second kappa shape index (κ2) is 7.50. The van der Waals surface area contributed by atoms with Crippen molar-refractivity contribution in [1.29, 1.82) is 0 Å². The highest BCUT2D eigenvalue weighted by Crippen LogP contribution is 2.26. The molecule has 0 aliphatic carbocycles. The summed E-state index contributed by atoms with van der Waals surface area (Å²) in [5.41, 5.74) is 1.42. The summed E-state index contributed by atoms with van der Waals surface area (Å²) < 4.78 is 38.0. The van der Waals surface area contributed by atoms with E-state index in [1.54, 1.807) is 29.3 Å². The molecule has 0 radical (unpaired) electrons. The lowest BCUT2D eigenvalue weighted by molar-refractivity contribution is -0.125. The van der Waals surface area contributed by atoms with E-state index in [1.165, 1.54) is 6.08 Å². The minimum absolute atomic E-state index is 0.292. The molecule has 0 saturated heterocycles. The molecule has 124 valence electrons. The topological polar surface area (TPSA) is 34.0 Å². The average Bonchev–Trinajstić information content (AvgIpc) is 2.89. The van der Waals surface area contributed by atoms with Crippen molar-refractivity contribution in [2.75, 3.05) is 18.0 Å². The largest absolute Gasteiger partial charge is 0.392 e. The maximum Gasteiger partial charge on any atom is 0.392 e. The third kappa shape index (κ3) is 4.99. The second-order valence-electron chi connectivity index (χ2n) is 4.79. The molecular formula is C15H16ClF3N4. The molecule has 2 aromatic rings. The maximum atomic E-state index is 12.1. The lowest BCUT2D eigenvalue weighted by Gasteiger charge is -2.19. The van der Waals surface area contributed by atoms with Gasteiger partial charge in [0.25, 0.3) is 0 Å². The summed E-state index contributed by atoms with van der Waals surface area (Å²) >= 11 is 6.16. The highest BCUT2D eigenvalue weighted by atomic mass is 35.5. The van der Waals surface area contributed by atoms with Gasteiger partial charge in [0.2, 0.25) is 0 Å². The van der Waals surface area contributed by atoms with E-state index in [2.05, 4.69) is 10.1 Å². The Labute approximate surface area is 137 Å². The first kappa shape index (κ1) is 17.3. The summed E-state index contributed by atoms with van der Waals surface area (Å²) in [6.07, 6.45) is 2.51. The van der Waals surface area contributed by atoms with Crippen LogP contribution in [0.25, 0.3) is 5.69 Å². The zero-order valence-corrected chi connectivity index (χ0v) is 13.2. The molecule has 0 amide bonds. The van der Waals surface area contributed by atoms with Crippen LogP contribution in [0.3, 0.4) is 0 Å². The van der Waals surface area contributed by atoms with E-state index in [4.69, 9.17) is 11.6 Å². The van der Waals surface area contributed by atoms with Crippen LogP contribution in [0.2, 0.25) is 5.15 Å². The molecule has 0 fully saturated rings. The Bertz CT molecular complexity index is 652. The molecule has 8 heteroatoms. The molecule has 0 unspecified atom stereocenters.